The average molecular weight is 495 g/mol. The SMILES string of the molecule is c1cc2cc(c1)CNc1cc[n+](c3ccccc13)Cc1cccc(c1)C[n+]1ccc(c3ccccc31)NC2. The van der Waals surface area contributed by atoms with Gasteiger partial charge in [0.2, 0.25) is 11.0 Å². The number of anilines is 2. The second-order valence-corrected chi connectivity index (χ2v) is 10.1. The van der Waals surface area contributed by atoms with Crippen LogP contribution < -0.4 is 19.8 Å². The topological polar surface area (TPSA) is 31.8 Å². The van der Waals surface area contributed by atoms with Crippen molar-refractivity contribution in [3.63, 3.8) is 0 Å². The minimum absolute atomic E-state index is 0.776. The highest BCUT2D eigenvalue weighted by molar-refractivity contribution is 5.89. The summed E-state index contributed by atoms with van der Waals surface area (Å²) in [5, 5.41) is 9.87. The van der Waals surface area contributed by atoms with E-state index in [1.54, 1.807) is 0 Å². The fraction of sp³-hybridized carbons (Fsp3) is 0.118. The summed E-state index contributed by atoms with van der Waals surface area (Å²) < 4.78 is 4.70. The van der Waals surface area contributed by atoms with Crippen molar-refractivity contribution in [1.82, 2.24) is 0 Å². The van der Waals surface area contributed by atoms with E-state index in [-0.39, 0.29) is 0 Å². The van der Waals surface area contributed by atoms with Crippen LogP contribution in [-0.4, -0.2) is 0 Å². The number of pyridine rings is 2. The van der Waals surface area contributed by atoms with Crippen molar-refractivity contribution >= 4 is 33.2 Å². The van der Waals surface area contributed by atoms with Crippen molar-refractivity contribution in [2.45, 2.75) is 26.2 Å². The number of hydrogen-bond donors (Lipinski definition) is 2. The predicted molar refractivity (Wildman–Crippen MR) is 154 cm³/mol. The molecule has 184 valence electrons. The standard InChI is InChI=1S/C34H28N4/c1-3-13-33-29(11-1)31-15-17-37(33)23-27-9-6-10-28(20-27)24-38-18-16-32(30-12-2-4-14-34(30)38)36-22-26-8-5-7-25(19-26)21-35-31/h1-20H,21-24H2/p+2. The first kappa shape index (κ1) is 22.5. The number of aromatic nitrogens is 2. The van der Waals surface area contributed by atoms with Gasteiger partial charge < -0.3 is 10.6 Å². The van der Waals surface area contributed by atoms with E-state index in [0.29, 0.717) is 0 Å². The molecule has 0 radical (unpaired) electrons. The summed E-state index contributed by atoms with van der Waals surface area (Å²) in [4.78, 5) is 0. The lowest BCUT2D eigenvalue weighted by molar-refractivity contribution is -0.663. The van der Waals surface area contributed by atoms with Crippen LogP contribution in [-0.2, 0) is 26.2 Å². The second kappa shape index (κ2) is 9.64. The van der Waals surface area contributed by atoms with Crippen LogP contribution >= 0.6 is 0 Å². The Hall–Kier alpha value is -4.70. The minimum Gasteiger partial charge on any atom is -0.380 e. The van der Waals surface area contributed by atoms with Crippen LogP contribution in [0.2, 0.25) is 0 Å². The molecule has 0 saturated carbocycles. The molecule has 4 heterocycles. The molecule has 0 aliphatic carbocycles. The van der Waals surface area contributed by atoms with Gasteiger partial charge in [-0.25, -0.2) is 0 Å². The van der Waals surface area contributed by atoms with Gasteiger partial charge in [-0.1, -0.05) is 66.7 Å². The van der Waals surface area contributed by atoms with Crippen LogP contribution in [0.1, 0.15) is 22.3 Å². The quantitative estimate of drug-likeness (QED) is 0.246. The lowest BCUT2D eigenvalue weighted by Gasteiger charge is -2.13. The largest absolute Gasteiger partial charge is 0.380 e. The zero-order valence-electron chi connectivity index (χ0n) is 21.3. The Balaban J connectivity index is 1.36. The number of benzene rings is 4. The maximum Gasteiger partial charge on any atom is 0.214 e. The number of hydrogen-bond acceptors (Lipinski definition) is 2. The van der Waals surface area contributed by atoms with Gasteiger partial charge in [0.1, 0.15) is 0 Å². The van der Waals surface area contributed by atoms with Crippen LogP contribution in [0.15, 0.2) is 122 Å². The normalized spacial score (nSPS) is 13.3. The Labute approximate surface area is 222 Å². The van der Waals surface area contributed by atoms with Crippen molar-refractivity contribution < 1.29 is 9.13 Å². The molecule has 4 nitrogen and oxygen atoms in total. The summed E-state index contributed by atoms with van der Waals surface area (Å²) >= 11 is 0. The molecule has 2 aliphatic rings. The highest BCUT2D eigenvalue weighted by Crippen LogP contribution is 2.24. The van der Waals surface area contributed by atoms with E-state index in [9.17, 15) is 0 Å². The number of para-hydroxylation sites is 2. The Bertz CT molecular complexity index is 1670. The Morgan fingerprint density at radius 1 is 0.447 bits per heavy atom. The smallest absolute Gasteiger partial charge is 0.214 e. The summed E-state index contributed by atoms with van der Waals surface area (Å²) in [6.07, 6.45) is 4.41. The van der Waals surface area contributed by atoms with Crippen LogP contribution in [0.5, 0.6) is 0 Å². The molecule has 8 rings (SSSR count). The molecule has 0 saturated heterocycles. The first-order chi connectivity index (χ1) is 18.8. The first-order valence-electron chi connectivity index (χ1n) is 13.3. The van der Waals surface area contributed by atoms with E-state index in [1.165, 1.54) is 44.1 Å². The monoisotopic (exact) mass is 494 g/mol. The van der Waals surface area contributed by atoms with Crippen LogP contribution in [0.3, 0.4) is 0 Å². The van der Waals surface area contributed by atoms with Crippen molar-refractivity contribution in [1.29, 1.82) is 0 Å². The van der Waals surface area contributed by atoms with Gasteiger partial charge in [-0.3, -0.25) is 0 Å². The number of fused-ring (bicyclic) bond motifs is 4. The highest BCUT2D eigenvalue weighted by atomic mass is 15.0. The maximum absolute atomic E-state index is 3.70. The van der Waals surface area contributed by atoms with Crippen LogP contribution in [0.4, 0.5) is 11.4 Å². The van der Waals surface area contributed by atoms with Gasteiger partial charge in [0.25, 0.3) is 0 Å². The number of rotatable bonds is 0. The molecule has 0 fully saturated rings. The van der Waals surface area contributed by atoms with Gasteiger partial charge in [0.05, 0.1) is 22.1 Å². The zero-order valence-corrected chi connectivity index (χ0v) is 21.3. The van der Waals surface area contributed by atoms with E-state index in [2.05, 4.69) is 141 Å². The molecule has 4 aromatic carbocycles. The summed E-state index contributed by atoms with van der Waals surface area (Å²) in [5.74, 6) is 0. The Morgan fingerprint density at radius 3 is 1.42 bits per heavy atom. The lowest BCUT2D eigenvalue weighted by Crippen LogP contribution is -2.36. The summed E-state index contributed by atoms with van der Waals surface area (Å²) in [6.45, 7) is 3.20. The Kier molecular flexibility index (Phi) is 5.71. The minimum atomic E-state index is 0.776. The van der Waals surface area contributed by atoms with Crippen LogP contribution in [0, 0.1) is 0 Å². The Morgan fingerprint density at radius 2 is 0.895 bits per heavy atom. The molecule has 0 amide bonds. The second-order valence-electron chi connectivity index (χ2n) is 10.1. The molecule has 8 bridgehead atoms. The molecule has 2 N–H and O–H groups in total. The van der Waals surface area contributed by atoms with Gasteiger partial charge in [0, 0.05) is 48.5 Å². The lowest BCUT2D eigenvalue weighted by atomic mass is 10.1. The fourth-order valence-corrected chi connectivity index (χ4v) is 5.62. The molecule has 4 heteroatoms. The maximum atomic E-state index is 3.70. The van der Waals surface area contributed by atoms with Crippen molar-refractivity contribution in [2.24, 2.45) is 0 Å². The van der Waals surface area contributed by atoms with Gasteiger partial charge in [0.15, 0.2) is 25.5 Å². The van der Waals surface area contributed by atoms with E-state index < -0.39 is 0 Å². The van der Waals surface area contributed by atoms with Gasteiger partial charge >= 0.3 is 0 Å². The van der Waals surface area contributed by atoms with Crippen molar-refractivity contribution in [3.05, 3.63) is 144 Å². The molecule has 6 aromatic rings. The van der Waals surface area contributed by atoms with E-state index in [0.717, 1.165) is 37.6 Å². The summed E-state index contributed by atoms with van der Waals surface area (Å²) in [5.41, 5.74) is 9.91. The predicted octanol–water partition coefficient (Wildman–Crippen LogP) is 6.20. The molecule has 0 spiro atoms. The van der Waals surface area contributed by atoms with Gasteiger partial charge in [-0.15, -0.1) is 0 Å². The van der Waals surface area contributed by atoms with E-state index in [4.69, 9.17) is 0 Å². The van der Waals surface area contributed by atoms with E-state index in [1.807, 2.05) is 0 Å². The summed E-state index contributed by atoms with van der Waals surface area (Å²) in [7, 11) is 0. The molecule has 2 aromatic heterocycles. The van der Waals surface area contributed by atoms with Crippen molar-refractivity contribution in [2.75, 3.05) is 10.6 Å². The molecular weight excluding hydrogens is 464 g/mol. The highest BCUT2D eigenvalue weighted by Gasteiger charge is 2.16. The number of nitrogens with zero attached hydrogens (tertiary/aromatic N) is 2. The van der Waals surface area contributed by atoms with Gasteiger partial charge in [-0.05, 0) is 29.3 Å². The molecular formula is C34H30N4+2. The third-order valence-electron chi connectivity index (χ3n) is 7.50. The molecule has 38 heavy (non-hydrogen) atoms. The molecule has 0 atom stereocenters. The number of nitrogens with one attached hydrogen (secondary N) is 2. The molecule has 0 unspecified atom stereocenters. The first-order valence-corrected chi connectivity index (χ1v) is 13.3. The third-order valence-corrected chi connectivity index (χ3v) is 7.50. The summed E-state index contributed by atoms with van der Waals surface area (Å²) in [6, 6.07) is 39.6. The van der Waals surface area contributed by atoms with Gasteiger partial charge in [-0.2, -0.15) is 9.13 Å². The van der Waals surface area contributed by atoms with E-state index >= 15 is 0 Å². The zero-order chi connectivity index (χ0) is 25.3. The fourth-order valence-electron chi connectivity index (χ4n) is 5.62. The van der Waals surface area contributed by atoms with Crippen LogP contribution in [0.25, 0.3) is 21.8 Å². The van der Waals surface area contributed by atoms with Crippen molar-refractivity contribution in [3.8, 4) is 0 Å². The average Bonchev–Trinajstić information content (AvgIpc) is 2.96. The molecule has 2 aliphatic heterocycles. The third kappa shape index (κ3) is 4.35.